The van der Waals surface area contributed by atoms with Gasteiger partial charge in [0.25, 0.3) is 11.7 Å². The van der Waals surface area contributed by atoms with Gasteiger partial charge in [0.2, 0.25) is 0 Å². The van der Waals surface area contributed by atoms with E-state index in [4.69, 9.17) is 4.74 Å². The number of Topliss-reactive ketones (excluding diaryl/α,β-unsaturated/α-hetero) is 1. The molecule has 1 N–H and O–H groups in total. The van der Waals surface area contributed by atoms with Crippen LogP contribution in [0.15, 0.2) is 83.1 Å². The van der Waals surface area contributed by atoms with E-state index in [2.05, 4.69) is 27.8 Å². The Morgan fingerprint density at radius 1 is 1.06 bits per heavy atom. The largest absolute Gasteiger partial charge is 0.507 e. The Balaban J connectivity index is 1.74. The Hall–Kier alpha value is -3.45. The summed E-state index contributed by atoms with van der Waals surface area (Å²) >= 11 is 3.43. The molecule has 0 saturated carbocycles. The van der Waals surface area contributed by atoms with Crippen LogP contribution in [0.1, 0.15) is 43.4 Å². The Kier molecular flexibility index (Phi) is 7.43. The van der Waals surface area contributed by atoms with E-state index in [1.165, 1.54) is 4.90 Å². The fraction of sp³-hybridized carbons (Fsp3) is 0.222. The molecule has 34 heavy (non-hydrogen) atoms. The van der Waals surface area contributed by atoms with Crippen molar-refractivity contribution in [3.05, 3.63) is 94.2 Å². The Labute approximate surface area is 207 Å². The molecule has 1 saturated heterocycles. The molecular formula is C27H25BrN2O4. The zero-order valence-corrected chi connectivity index (χ0v) is 20.4. The van der Waals surface area contributed by atoms with Crippen LogP contribution in [-0.4, -0.2) is 28.4 Å². The zero-order chi connectivity index (χ0) is 24.1. The molecule has 1 aliphatic heterocycles. The number of carbonyl (C=O) groups excluding carboxylic acids is 2. The van der Waals surface area contributed by atoms with Crippen LogP contribution >= 0.6 is 15.9 Å². The maximum Gasteiger partial charge on any atom is 0.300 e. The highest BCUT2D eigenvalue weighted by molar-refractivity contribution is 9.10. The smallest absolute Gasteiger partial charge is 0.300 e. The van der Waals surface area contributed by atoms with Gasteiger partial charge in [0.15, 0.2) is 0 Å². The molecule has 0 aliphatic carbocycles. The third-order valence-corrected chi connectivity index (χ3v) is 6.19. The van der Waals surface area contributed by atoms with Crippen LogP contribution in [-0.2, 0) is 9.59 Å². The third kappa shape index (κ3) is 4.89. The number of hydrogen-bond acceptors (Lipinski definition) is 5. The lowest BCUT2D eigenvalue weighted by Crippen LogP contribution is -2.29. The van der Waals surface area contributed by atoms with Crippen molar-refractivity contribution in [3.8, 4) is 5.75 Å². The van der Waals surface area contributed by atoms with Gasteiger partial charge in [-0.25, -0.2) is 0 Å². The average Bonchev–Trinajstić information content (AvgIpc) is 3.13. The lowest BCUT2D eigenvalue weighted by atomic mass is 9.95. The quantitative estimate of drug-likeness (QED) is 0.169. The van der Waals surface area contributed by atoms with Gasteiger partial charge in [-0.05, 0) is 66.6 Å². The molecule has 7 heteroatoms. The number of benzene rings is 2. The molecule has 1 amide bonds. The molecule has 2 aromatic carbocycles. The number of ether oxygens (including phenoxy) is 1. The number of aliphatic hydroxyl groups excluding tert-OH is 1. The summed E-state index contributed by atoms with van der Waals surface area (Å²) < 4.78 is 6.52. The molecule has 2 heterocycles. The fourth-order valence-electron chi connectivity index (χ4n) is 3.99. The van der Waals surface area contributed by atoms with Gasteiger partial charge in [-0.1, -0.05) is 41.8 Å². The summed E-state index contributed by atoms with van der Waals surface area (Å²) in [5.74, 6) is -0.973. The Morgan fingerprint density at radius 2 is 1.79 bits per heavy atom. The number of nitrogens with zero attached hydrogens (tertiary/aromatic N) is 2. The third-order valence-electron chi connectivity index (χ3n) is 5.70. The van der Waals surface area contributed by atoms with Crippen molar-refractivity contribution >= 4 is 39.1 Å². The molecule has 1 atom stereocenters. The Morgan fingerprint density at radius 3 is 2.47 bits per heavy atom. The number of unbranched alkanes of at least 4 members (excludes halogenated alkanes) is 2. The molecule has 174 valence electrons. The summed E-state index contributed by atoms with van der Waals surface area (Å²) in [5.41, 5.74) is 1.69. The van der Waals surface area contributed by atoms with E-state index in [0.29, 0.717) is 29.2 Å². The van der Waals surface area contributed by atoms with Crippen LogP contribution in [0.4, 0.5) is 5.69 Å². The standard InChI is InChI=1S/C27H25BrN2O4/c1-2-3-4-16-34-22-10-8-19(9-11-22)25(31)23-24(18-12-14-29-15-13-18)30(27(33)26(23)32)21-7-5-6-20(28)17-21/h5-15,17,24,31H,2-4,16H2,1H3/b25-23+. The van der Waals surface area contributed by atoms with Crippen molar-refractivity contribution in [2.75, 3.05) is 11.5 Å². The van der Waals surface area contributed by atoms with Crippen LogP contribution in [0.3, 0.4) is 0 Å². The highest BCUT2D eigenvalue weighted by atomic mass is 79.9. The summed E-state index contributed by atoms with van der Waals surface area (Å²) in [6, 6.07) is 16.8. The summed E-state index contributed by atoms with van der Waals surface area (Å²) in [7, 11) is 0. The van der Waals surface area contributed by atoms with Crippen LogP contribution < -0.4 is 9.64 Å². The number of rotatable bonds is 8. The molecule has 0 radical (unpaired) electrons. The normalized spacial score (nSPS) is 17.2. The van der Waals surface area contributed by atoms with Crippen molar-refractivity contribution in [2.45, 2.75) is 32.2 Å². The van der Waals surface area contributed by atoms with Gasteiger partial charge in [0, 0.05) is 28.1 Å². The summed E-state index contributed by atoms with van der Waals surface area (Å²) in [5, 5.41) is 11.2. The van der Waals surface area contributed by atoms with Gasteiger partial charge in [-0.2, -0.15) is 0 Å². The van der Waals surface area contributed by atoms with Crippen LogP contribution in [0.25, 0.3) is 5.76 Å². The average molecular weight is 521 g/mol. The van der Waals surface area contributed by atoms with Gasteiger partial charge in [-0.15, -0.1) is 0 Å². The van der Waals surface area contributed by atoms with Gasteiger partial charge in [0.05, 0.1) is 18.2 Å². The molecular weight excluding hydrogens is 496 g/mol. The molecule has 1 aromatic heterocycles. The molecule has 0 bridgehead atoms. The summed E-state index contributed by atoms with van der Waals surface area (Å²) in [6.07, 6.45) is 6.39. The highest BCUT2D eigenvalue weighted by Crippen LogP contribution is 2.42. The first-order valence-corrected chi connectivity index (χ1v) is 12.0. The van der Waals surface area contributed by atoms with E-state index >= 15 is 0 Å². The maximum atomic E-state index is 13.2. The molecule has 4 rings (SSSR count). The van der Waals surface area contributed by atoms with Crippen LogP contribution in [0.2, 0.25) is 0 Å². The van der Waals surface area contributed by atoms with E-state index in [-0.39, 0.29) is 11.3 Å². The summed E-state index contributed by atoms with van der Waals surface area (Å²) in [4.78, 5) is 31.8. The molecule has 3 aromatic rings. The van der Waals surface area contributed by atoms with Gasteiger partial charge < -0.3 is 9.84 Å². The number of halogens is 1. The second-order valence-corrected chi connectivity index (χ2v) is 8.93. The number of carbonyl (C=O) groups is 2. The van der Waals surface area contributed by atoms with Crippen LogP contribution in [0.5, 0.6) is 5.75 Å². The number of ketones is 1. The van der Waals surface area contributed by atoms with E-state index in [9.17, 15) is 14.7 Å². The number of aromatic nitrogens is 1. The highest BCUT2D eigenvalue weighted by Gasteiger charge is 2.47. The molecule has 1 aliphatic rings. The van der Waals surface area contributed by atoms with E-state index < -0.39 is 17.7 Å². The molecule has 1 unspecified atom stereocenters. The van der Waals surface area contributed by atoms with Gasteiger partial charge in [-0.3, -0.25) is 19.5 Å². The van der Waals surface area contributed by atoms with Crippen molar-refractivity contribution in [1.29, 1.82) is 0 Å². The lowest BCUT2D eigenvalue weighted by molar-refractivity contribution is -0.132. The van der Waals surface area contributed by atoms with Crippen molar-refractivity contribution < 1.29 is 19.4 Å². The molecule has 6 nitrogen and oxygen atoms in total. The first kappa shape index (κ1) is 23.7. The van der Waals surface area contributed by atoms with Crippen molar-refractivity contribution in [3.63, 3.8) is 0 Å². The number of amides is 1. The maximum absolute atomic E-state index is 13.2. The first-order valence-electron chi connectivity index (χ1n) is 11.2. The minimum atomic E-state index is -0.790. The monoisotopic (exact) mass is 520 g/mol. The number of anilines is 1. The van der Waals surface area contributed by atoms with Crippen molar-refractivity contribution in [2.24, 2.45) is 0 Å². The fourth-order valence-corrected chi connectivity index (χ4v) is 4.38. The van der Waals surface area contributed by atoms with Crippen LogP contribution in [0, 0.1) is 0 Å². The SMILES string of the molecule is CCCCCOc1ccc(/C(O)=C2\C(=O)C(=O)N(c3cccc(Br)c3)C2c2ccncc2)cc1. The first-order chi connectivity index (χ1) is 16.5. The second-order valence-electron chi connectivity index (χ2n) is 8.01. The molecule has 0 spiro atoms. The summed E-state index contributed by atoms with van der Waals surface area (Å²) in [6.45, 7) is 2.76. The number of pyridine rings is 1. The predicted octanol–water partition coefficient (Wildman–Crippen LogP) is 6.04. The minimum absolute atomic E-state index is 0.0350. The number of aliphatic hydroxyl groups is 1. The van der Waals surface area contributed by atoms with E-state index in [1.54, 1.807) is 67.0 Å². The molecule has 1 fully saturated rings. The Bertz CT molecular complexity index is 1210. The van der Waals surface area contributed by atoms with Crippen molar-refractivity contribution in [1.82, 2.24) is 4.98 Å². The minimum Gasteiger partial charge on any atom is -0.507 e. The van der Waals surface area contributed by atoms with E-state index in [0.717, 1.165) is 23.7 Å². The zero-order valence-electron chi connectivity index (χ0n) is 18.8. The second kappa shape index (κ2) is 10.7. The topological polar surface area (TPSA) is 79.7 Å². The van der Waals surface area contributed by atoms with Gasteiger partial charge >= 0.3 is 0 Å². The number of hydrogen-bond donors (Lipinski definition) is 1. The van der Waals surface area contributed by atoms with E-state index in [1.807, 2.05) is 6.07 Å². The van der Waals surface area contributed by atoms with Gasteiger partial charge in [0.1, 0.15) is 11.5 Å². The lowest BCUT2D eigenvalue weighted by Gasteiger charge is -2.25. The predicted molar refractivity (Wildman–Crippen MR) is 135 cm³/mol.